The minimum Gasteiger partial charge on any atom is -0.487 e. The Kier molecular flexibility index (Phi) is 4.53. The lowest BCUT2D eigenvalue weighted by atomic mass is 9.92. The molecule has 28 heavy (non-hydrogen) atoms. The number of piperazine rings is 1. The number of Topliss-reactive ketones (excluding diaryl/α,β-unsaturated/α-hetero) is 1. The molecule has 1 aromatic heterocycles. The van der Waals surface area contributed by atoms with Crippen molar-refractivity contribution in [3.63, 3.8) is 0 Å². The highest BCUT2D eigenvalue weighted by Gasteiger charge is 2.33. The van der Waals surface area contributed by atoms with Crippen LogP contribution in [-0.2, 0) is 0 Å². The van der Waals surface area contributed by atoms with Crippen molar-refractivity contribution in [1.82, 2.24) is 14.9 Å². The number of anilines is 1. The van der Waals surface area contributed by atoms with E-state index in [0.717, 1.165) is 11.5 Å². The number of aryl methyl sites for hydroxylation is 1. The van der Waals surface area contributed by atoms with E-state index in [1.54, 1.807) is 24.5 Å². The lowest BCUT2D eigenvalue weighted by Gasteiger charge is -2.36. The van der Waals surface area contributed by atoms with Crippen LogP contribution in [0.15, 0.2) is 30.6 Å². The van der Waals surface area contributed by atoms with Crippen molar-refractivity contribution in [2.24, 2.45) is 0 Å². The van der Waals surface area contributed by atoms with Gasteiger partial charge in [0.05, 0.1) is 12.0 Å². The van der Waals surface area contributed by atoms with Gasteiger partial charge in [-0.15, -0.1) is 0 Å². The van der Waals surface area contributed by atoms with Crippen LogP contribution in [0.25, 0.3) is 0 Å². The Bertz CT molecular complexity index is 933. The van der Waals surface area contributed by atoms with Gasteiger partial charge in [0.2, 0.25) is 0 Å². The highest BCUT2D eigenvalue weighted by Crippen LogP contribution is 2.33. The Morgan fingerprint density at radius 1 is 1.11 bits per heavy atom. The number of benzene rings is 1. The number of nitrogens with zero attached hydrogens (tertiary/aromatic N) is 4. The average molecular weight is 380 g/mol. The van der Waals surface area contributed by atoms with Crippen LogP contribution in [0.1, 0.15) is 46.7 Å². The van der Waals surface area contributed by atoms with Crippen molar-refractivity contribution in [2.75, 3.05) is 31.1 Å². The van der Waals surface area contributed by atoms with E-state index in [4.69, 9.17) is 4.74 Å². The molecule has 0 aliphatic carbocycles. The zero-order chi connectivity index (χ0) is 19.9. The van der Waals surface area contributed by atoms with Crippen molar-refractivity contribution in [3.05, 3.63) is 47.4 Å². The molecular weight excluding hydrogens is 356 g/mol. The van der Waals surface area contributed by atoms with Gasteiger partial charge in [0.25, 0.3) is 5.91 Å². The SMILES string of the molecule is Cc1cc(N2CCN(C(=O)c3ccc4c(c3)C(=O)CC(C)(C)O4)CC2)ncn1. The fourth-order valence-electron chi connectivity index (χ4n) is 3.72. The highest BCUT2D eigenvalue weighted by molar-refractivity contribution is 6.03. The molecule has 0 radical (unpaired) electrons. The third-order valence-electron chi connectivity index (χ3n) is 5.18. The number of carbonyl (C=O) groups is 2. The lowest BCUT2D eigenvalue weighted by molar-refractivity contribution is 0.0619. The number of aromatic nitrogens is 2. The molecule has 2 aliphatic rings. The summed E-state index contributed by atoms with van der Waals surface area (Å²) in [5.41, 5.74) is 1.44. The predicted octanol–water partition coefficient (Wildman–Crippen LogP) is 2.49. The Labute approximate surface area is 164 Å². The van der Waals surface area contributed by atoms with Crippen LogP contribution in [0.5, 0.6) is 5.75 Å². The Hall–Kier alpha value is -2.96. The van der Waals surface area contributed by atoms with Crippen molar-refractivity contribution in [3.8, 4) is 5.75 Å². The van der Waals surface area contributed by atoms with E-state index in [9.17, 15) is 9.59 Å². The summed E-state index contributed by atoms with van der Waals surface area (Å²) < 4.78 is 5.88. The molecule has 0 spiro atoms. The molecule has 0 bridgehead atoms. The van der Waals surface area contributed by atoms with E-state index < -0.39 is 5.60 Å². The first kappa shape index (κ1) is 18.4. The van der Waals surface area contributed by atoms with Crippen LogP contribution in [0.3, 0.4) is 0 Å². The third kappa shape index (κ3) is 3.56. The molecule has 0 saturated carbocycles. The monoisotopic (exact) mass is 380 g/mol. The summed E-state index contributed by atoms with van der Waals surface area (Å²) in [6, 6.07) is 7.11. The molecule has 0 atom stereocenters. The van der Waals surface area contributed by atoms with Gasteiger partial charge in [0.15, 0.2) is 5.78 Å². The third-order valence-corrected chi connectivity index (χ3v) is 5.18. The van der Waals surface area contributed by atoms with Gasteiger partial charge in [-0.05, 0) is 39.0 Å². The van der Waals surface area contributed by atoms with E-state index in [1.807, 2.05) is 31.7 Å². The standard InChI is InChI=1S/C21H24N4O3/c1-14-10-19(23-13-22-14)24-6-8-25(9-7-24)20(27)15-4-5-18-16(11-15)17(26)12-21(2,3)28-18/h4-5,10-11,13H,6-9,12H2,1-3H3. The van der Waals surface area contributed by atoms with Crippen molar-refractivity contribution in [1.29, 1.82) is 0 Å². The smallest absolute Gasteiger partial charge is 0.254 e. The van der Waals surface area contributed by atoms with Gasteiger partial charge in [0, 0.05) is 43.5 Å². The van der Waals surface area contributed by atoms with Gasteiger partial charge in [-0.2, -0.15) is 0 Å². The maximum absolute atomic E-state index is 12.9. The molecule has 1 fully saturated rings. The Morgan fingerprint density at radius 2 is 1.86 bits per heavy atom. The van der Waals surface area contributed by atoms with E-state index in [2.05, 4.69) is 14.9 Å². The van der Waals surface area contributed by atoms with Crippen LogP contribution >= 0.6 is 0 Å². The van der Waals surface area contributed by atoms with Crippen molar-refractivity contribution < 1.29 is 14.3 Å². The van der Waals surface area contributed by atoms with Crippen LogP contribution in [0.2, 0.25) is 0 Å². The van der Waals surface area contributed by atoms with Crippen molar-refractivity contribution in [2.45, 2.75) is 32.8 Å². The van der Waals surface area contributed by atoms with Gasteiger partial charge < -0.3 is 14.5 Å². The molecule has 2 aromatic rings. The second kappa shape index (κ2) is 6.89. The molecule has 1 aromatic carbocycles. The Balaban J connectivity index is 1.46. The zero-order valence-corrected chi connectivity index (χ0v) is 16.4. The number of hydrogen-bond acceptors (Lipinski definition) is 6. The van der Waals surface area contributed by atoms with E-state index in [0.29, 0.717) is 49.5 Å². The van der Waals surface area contributed by atoms with Crippen molar-refractivity contribution >= 4 is 17.5 Å². The molecule has 7 heteroatoms. The normalized spacial score (nSPS) is 18.5. The second-order valence-corrected chi connectivity index (χ2v) is 7.97. The molecule has 3 heterocycles. The number of amides is 1. The summed E-state index contributed by atoms with van der Waals surface area (Å²) in [5, 5.41) is 0. The highest BCUT2D eigenvalue weighted by atomic mass is 16.5. The fourth-order valence-corrected chi connectivity index (χ4v) is 3.72. The number of ketones is 1. The maximum atomic E-state index is 12.9. The molecule has 146 valence electrons. The topological polar surface area (TPSA) is 75.6 Å². The molecule has 0 N–H and O–H groups in total. The second-order valence-electron chi connectivity index (χ2n) is 7.97. The largest absolute Gasteiger partial charge is 0.487 e. The van der Waals surface area contributed by atoms with Gasteiger partial charge >= 0.3 is 0 Å². The molecule has 7 nitrogen and oxygen atoms in total. The van der Waals surface area contributed by atoms with Gasteiger partial charge in [0.1, 0.15) is 23.5 Å². The van der Waals surface area contributed by atoms with Crippen LogP contribution < -0.4 is 9.64 Å². The summed E-state index contributed by atoms with van der Waals surface area (Å²) in [5.74, 6) is 1.41. The first-order chi connectivity index (χ1) is 13.3. The number of rotatable bonds is 2. The van der Waals surface area contributed by atoms with Gasteiger partial charge in [-0.25, -0.2) is 9.97 Å². The van der Waals surface area contributed by atoms with E-state index in [1.165, 1.54) is 0 Å². The molecule has 2 aliphatic heterocycles. The quantitative estimate of drug-likeness (QED) is 0.797. The van der Waals surface area contributed by atoms with Gasteiger partial charge in [-0.3, -0.25) is 9.59 Å². The van der Waals surface area contributed by atoms with Crippen LogP contribution in [0, 0.1) is 6.92 Å². The molecule has 0 unspecified atom stereocenters. The lowest BCUT2D eigenvalue weighted by Crippen LogP contribution is -2.49. The summed E-state index contributed by atoms with van der Waals surface area (Å²) in [6.45, 7) is 8.36. The number of fused-ring (bicyclic) bond motifs is 1. The summed E-state index contributed by atoms with van der Waals surface area (Å²) in [7, 11) is 0. The minimum absolute atomic E-state index is 0.0184. The van der Waals surface area contributed by atoms with Gasteiger partial charge in [-0.1, -0.05) is 0 Å². The predicted molar refractivity (Wildman–Crippen MR) is 105 cm³/mol. The fraction of sp³-hybridized carbons (Fsp3) is 0.429. The molecular formula is C21H24N4O3. The zero-order valence-electron chi connectivity index (χ0n) is 16.4. The average Bonchev–Trinajstić information content (AvgIpc) is 2.66. The molecule has 1 amide bonds. The minimum atomic E-state index is -0.509. The Morgan fingerprint density at radius 3 is 2.57 bits per heavy atom. The number of ether oxygens (including phenoxy) is 1. The molecule has 1 saturated heterocycles. The van der Waals surface area contributed by atoms with E-state index >= 15 is 0 Å². The first-order valence-corrected chi connectivity index (χ1v) is 9.51. The van der Waals surface area contributed by atoms with Crippen LogP contribution in [-0.4, -0.2) is 58.3 Å². The number of hydrogen-bond donors (Lipinski definition) is 0. The first-order valence-electron chi connectivity index (χ1n) is 9.51. The summed E-state index contributed by atoms with van der Waals surface area (Å²) in [4.78, 5) is 37.8. The van der Waals surface area contributed by atoms with E-state index in [-0.39, 0.29) is 11.7 Å². The molecule has 4 rings (SSSR count). The maximum Gasteiger partial charge on any atom is 0.254 e. The van der Waals surface area contributed by atoms with Crippen LogP contribution in [0.4, 0.5) is 5.82 Å². The summed E-state index contributed by atoms with van der Waals surface area (Å²) in [6.07, 6.45) is 1.88. The number of carbonyl (C=O) groups excluding carboxylic acids is 2. The summed E-state index contributed by atoms with van der Waals surface area (Å²) >= 11 is 0.